The maximum atomic E-state index is 11.9. The monoisotopic (exact) mass is 327 g/mol. The molecular formula is C20H22ClNO. The average molecular weight is 328 g/mol. The van der Waals surface area contributed by atoms with E-state index in [1.165, 1.54) is 25.9 Å². The Hall–Kier alpha value is -1.35. The van der Waals surface area contributed by atoms with Gasteiger partial charge in [0.15, 0.2) is 0 Å². The Morgan fingerprint density at radius 2 is 1.52 bits per heavy atom. The number of nitrogens with zero attached hydrogens (tertiary/aromatic N) is 1. The van der Waals surface area contributed by atoms with Gasteiger partial charge >= 0.3 is 0 Å². The fourth-order valence-electron chi connectivity index (χ4n) is 4.43. The van der Waals surface area contributed by atoms with Gasteiger partial charge in [-0.25, -0.2) is 0 Å². The molecular weight excluding hydrogens is 306 g/mol. The second-order valence-electron chi connectivity index (χ2n) is 6.88. The third-order valence-electron chi connectivity index (χ3n) is 5.69. The van der Waals surface area contributed by atoms with E-state index in [0.29, 0.717) is 10.9 Å². The highest BCUT2D eigenvalue weighted by molar-refractivity contribution is 6.30. The van der Waals surface area contributed by atoms with Crippen LogP contribution in [0.3, 0.4) is 0 Å². The van der Waals surface area contributed by atoms with Crippen molar-refractivity contribution in [1.29, 1.82) is 0 Å². The lowest BCUT2D eigenvalue weighted by Crippen LogP contribution is -2.55. The topological polar surface area (TPSA) is 23.5 Å². The number of fused-ring (bicyclic) bond motifs is 3. The highest BCUT2D eigenvalue weighted by Gasteiger charge is 2.48. The number of benzene rings is 2. The van der Waals surface area contributed by atoms with E-state index in [0.717, 1.165) is 17.7 Å². The fraction of sp³-hybridized carbons (Fsp3) is 0.400. The highest BCUT2D eigenvalue weighted by atomic mass is 35.5. The molecule has 2 bridgehead atoms. The van der Waals surface area contributed by atoms with Crippen molar-refractivity contribution < 1.29 is 5.11 Å². The first kappa shape index (κ1) is 15.2. The van der Waals surface area contributed by atoms with E-state index in [-0.39, 0.29) is 5.92 Å². The third-order valence-corrected chi connectivity index (χ3v) is 5.94. The van der Waals surface area contributed by atoms with Gasteiger partial charge in [-0.05, 0) is 55.1 Å². The number of hydrogen-bond acceptors (Lipinski definition) is 2. The summed E-state index contributed by atoms with van der Waals surface area (Å²) in [4.78, 5) is 2.49. The number of piperidine rings is 3. The zero-order valence-electron chi connectivity index (χ0n) is 13.2. The van der Waals surface area contributed by atoms with Gasteiger partial charge < -0.3 is 10.0 Å². The van der Waals surface area contributed by atoms with E-state index >= 15 is 0 Å². The minimum absolute atomic E-state index is 0.230. The van der Waals surface area contributed by atoms with E-state index in [4.69, 9.17) is 11.6 Å². The van der Waals surface area contributed by atoms with E-state index in [1.807, 2.05) is 54.6 Å². The first-order chi connectivity index (χ1) is 11.2. The Labute approximate surface area is 142 Å². The molecule has 3 aliphatic heterocycles. The van der Waals surface area contributed by atoms with Crippen LogP contribution in [-0.2, 0) is 5.60 Å². The predicted octanol–water partition coefficient (Wildman–Crippen LogP) is 3.92. The van der Waals surface area contributed by atoms with Crippen molar-refractivity contribution in [3.8, 4) is 0 Å². The summed E-state index contributed by atoms with van der Waals surface area (Å²) >= 11 is 6.07. The van der Waals surface area contributed by atoms with E-state index in [1.54, 1.807) is 0 Å². The van der Waals surface area contributed by atoms with Crippen LogP contribution in [0.25, 0.3) is 0 Å². The molecule has 0 aromatic heterocycles. The van der Waals surface area contributed by atoms with E-state index in [9.17, 15) is 5.11 Å². The van der Waals surface area contributed by atoms with Gasteiger partial charge in [0, 0.05) is 17.5 Å². The minimum atomic E-state index is -0.949. The normalized spacial score (nSPS) is 29.2. The Morgan fingerprint density at radius 3 is 2.09 bits per heavy atom. The van der Waals surface area contributed by atoms with Crippen molar-refractivity contribution >= 4 is 11.6 Å². The van der Waals surface area contributed by atoms with Crippen molar-refractivity contribution in [2.45, 2.75) is 18.4 Å². The molecule has 3 heteroatoms. The van der Waals surface area contributed by atoms with Crippen molar-refractivity contribution in [2.75, 3.05) is 19.6 Å². The maximum Gasteiger partial charge on any atom is 0.119 e. The van der Waals surface area contributed by atoms with E-state index < -0.39 is 5.60 Å². The summed E-state index contributed by atoms with van der Waals surface area (Å²) in [5, 5.41) is 12.6. The third kappa shape index (κ3) is 2.59. The van der Waals surface area contributed by atoms with Crippen LogP contribution in [0.15, 0.2) is 54.6 Å². The molecule has 23 heavy (non-hydrogen) atoms. The lowest BCUT2D eigenvalue weighted by Gasteiger charge is -2.51. The van der Waals surface area contributed by atoms with Crippen molar-refractivity contribution in [2.24, 2.45) is 11.8 Å². The van der Waals surface area contributed by atoms with Crippen LogP contribution in [0.2, 0.25) is 5.02 Å². The Bertz CT molecular complexity index is 664. The molecule has 120 valence electrons. The summed E-state index contributed by atoms with van der Waals surface area (Å²) in [6.07, 6.45) is 2.38. The summed E-state index contributed by atoms with van der Waals surface area (Å²) in [6.45, 7) is 3.32. The Kier molecular flexibility index (Phi) is 3.92. The quantitative estimate of drug-likeness (QED) is 0.923. The van der Waals surface area contributed by atoms with Gasteiger partial charge in [0.05, 0.1) is 0 Å². The molecule has 0 saturated carbocycles. The second-order valence-corrected chi connectivity index (χ2v) is 7.32. The minimum Gasteiger partial charge on any atom is -0.380 e. The van der Waals surface area contributed by atoms with Crippen molar-refractivity contribution in [1.82, 2.24) is 4.90 Å². The van der Waals surface area contributed by atoms with Gasteiger partial charge in [-0.1, -0.05) is 54.1 Å². The first-order valence-electron chi connectivity index (χ1n) is 8.44. The summed E-state index contributed by atoms with van der Waals surface area (Å²) in [6, 6.07) is 17.8. The molecule has 0 radical (unpaired) electrons. The summed E-state index contributed by atoms with van der Waals surface area (Å²) in [5.41, 5.74) is 0.989. The van der Waals surface area contributed by atoms with Crippen LogP contribution < -0.4 is 0 Å². The van der Waals surface area contributed by atoms with Gasteiger partial charge in [-0.15, -0.1) is 0 Å². The van der Waals surface area contributed by atoms with Gasteiger partial charge in [0.2, 0.25) is 0 Å². The van der Waals surface area contributed by atoms with Crippen LogP contribution in [0, 0.1) is 11.8 Å². The zero-order valence-corrected chi connectivity index (χ0v) is 13.9. The molecule has 2 nitrogen and oxygen atoms in total. The van der Waals surface area contributed by atoms with Crippen LogP contribution in [0.4, 0.5) is 0 Å². The van der Waals surface area contributed by atoms with E-state index in [2.05, 4.69) is 4.90 Å². The smallest absolute Gasteiger partial charge is 0.119 e. The van der Waals surface area contributed by atoms with Crippen molar-refractivity contribution in [3.05, 3.63) is 70.7 Å². The van der Waals surface area contributed by atoms with Crippen LogP contribution in [-0.4, -0.2) is 29.6 Å². The zero-order chi connectivity index (χ0) is 15.9. The number of halogens is 1. The number of rotatable bonds is 3. The van der Waals surface area contributed by atoms with Gasteiger partial charge in [0.1, 0.15) is 5.60 Å². The lowest BCUT2D eigenvalue weighted by molar-refractivity contribution is -0.0764. The fourth-order valence-corrected chi connectivity index (χ4v) is 4.56. The SMILES string of the molecule is O[C@@](c1ccccc1)(c1ccc(Cl)cc1)[C@H]1CN2CCC1CC2. The number of aliphatic hydroxyl groups is 1. The van der Waals surface area contributed by atoms with Crippen molar-refractivity contribution in [3.63, 3.8) is 0 Å². The molecule has 3 heterocycles. The lowest BCUT2D eigenvalue weighted by atomic mass is 9.65. The molecule has 2 aromatic carbocycles. The number of hydrogen-bond donors (Lipinski definition) is 1. The van der Waals surface area contributed by atoms with Crippen LogP contribution >= 0.6 is 11.6 Å². The molecule has 5 rings (SSSR count). The molecule has 3 fully saturated rings. The highest BCUT2D eigenvalue weighted by Crippen LogP contribution is 2.47. The van der Waals surface area contributed by atoms with Gasteiger partial charge in [-0.3, -0.25) is 0 Å². The second kappa shape index (κ2) is 5.94. The molecule has 1 N–H and O–H groups in total. The maximum absolute atomic E-state index is 11.9. The Morgan fingerprint density at radius 1 is 0.913 bits per heavy atom. The first-order valence-corrected chi connectivity index (χ1v) is 8.82. The largest absolute Gasteiger partial charge is 0.380 e. The summed E-state index contributed by atoms with van der Waals surface area (Å²) in [5.74, 6) is 0.814. The van der Waals surface area contributed by atoms with Crippen LogP contribution in [0.1, 0.15) is 24.0 Å². The van der Waals surface area contributed by atoms with Gasteiger partial charge in [-0.2, -0.15) is 0 Å². The molecule has 0 spiro atoms. The molecule has 2 aromatic rings. The molecule has 3 saturated heterocycles. The predicted molar refractivity (Wildman–Crippen MR) is 93.5 cm³/mol. The molecule has 0 aliphatic carbocycles. The van der Waals surface area contributed by atoms with Crippen LogP contribution in [0.5, 0.6) is 0 Å². The molecule has 3 aliphatic rings. The Balaban J connectivity index is 1.82. The summed E-state index contributed by atoms with van der Waals surface area (Å²) in [7, 11) is 0. The van der Waals surface area contributed by atoms with Gasteiger partial charge in [0.25, 0.3) is 0 Å². The molecule has 2 atom stereocenters. The summed E-state index contributed by atoms with van der Waals surface area (Å²) < 4.78 is 0. The average Bonchev–Trinajstić information content (AvgIpc) is 2.63. The molecule has 0 amide bonds. The molecule has 0 unspecified atom stereocenters. The standard InChI is InChI=1S/C20H22ClNO/c21-18-8-6-17(7-9-18)20(23,16-4-2-1-3-5-16)19-14-22-12-10-15(19)11-13-22/h1-9,15,19,23H,10-14H2/t19-,20-/m0/s1.